The number of thioether (sulfide) groups is 1. The van der Waals surface area contributed by atoms with Gasteiger partial charge in [0.15, 0.2) is 0 Å². The number of nitrogens with one attached hydrogen (secondary N) is 1. The number of rotatable bonds is 7. The Morgan fingerprint density at radius 3 is 2.64 bits per heavy atom. The first-order valence-electron chi connectivity index (χ1n) is 10.5. The van der Waals surface area contributed by atoms with Crippen LogP contribution in [0.25, 0.3) is 0 Å². The molecule has 0 aliphatic carbocycles. The highest BCUT2D eigenvalue weighted by Crippen LogP contribution is 2.45. The van der Waals surface area contributed by atoms with E-state index in [2.05, 4.69) is 4.98 Å². The van der Waals surface area contributed by atoms with Crippen molar-refractivity contribution in [2.75, 3.05) is 20.8 Å². The lowest BCUT2D eigenvalue weighted by atomic mass is 10.0. The first-order chi connectivity index (χ1) is 16.0. The van der Waals surface area contributed by atoms with Gasteiger partial charge in [-0.25, -0.2) is 4.79 Å². The van der Waals surface area contributed by atoms with Gasteiger partial charge in [0.25, 0.3) is 5.56 Å². The van der Waals surface area contributed by atoms with Crippen molar-refractivity contribution in [2.45, 2.75) is 29.5 Å². The molecule has 0 spiro atoms. The van der Waals surface area contributed by atoms with Crippen molar-refractivity contribution in [3.63, 3.8) is 0 Å². The minimum Gasteiger partial charge on any atom is -0.497 e. The quantitative estimate of drug-likeness (QED) is 0.514. The first-order valence-corrected chi connectivity index (χ1v) is 11.4. The number of aliphatic imine (C=N–C) groups is 1. The largest absolute Gasteiger partial charge is 0.497 e. The van der Waals surface area contributed by atoms with Gasteiger partial charge >= 0.3 is 5.69 Å². The van der Waals surface area contributed by atoms with Crippen molar-refractivity contribution < 1.29 is 14.6 Å². The number of aromatic nitrogens is 2. The van der Waals surface area contributed by atoms with Gasteiger partial charge in [-0.2, -0.15) is 0 Å². The molecule has 0 fully saturated rings. The third kappa shape index (κ3) is 4.89. The van der Waals surface area contributed by atoms with Crippen molar-refractivity contribution in [3.05, 3.63) is 80.5 Å². The fourth-order valence-corrected chi connectivity index (χ4v) is 5.00. The number of hydrogen-bond acceptors (Lipinski definition) is 7. The second-order valence-corrected chi connectivity index (χ2v) is 8.81. The fourth-order valence-electron chi connectivity index (χ4n) is 3.77. The maximum Gasteiger partial charge on any atom is 0.331 e. The lowest BCUT2D eigenvalue weighted by Crippen LogP contribution is -2.34. The number of methoxy groups -OCH3 is 2. The number of ether oxygens (including phenoxy) is 2. The standard InChI is InChI=1S/C24H25N3O5S/c1-31-13-5-12-27-23(29)21(22(28)26-24(27)30)18-14-20(15-8-10-16(32-2)11-9-15)33-19-7-4-3-6-17(19)25-18/h3-4,6-11,20,29H,5,12-14H2,1-2H3,(H,26,28,30). The zero-order valence-electron chi connectivity index (χ0n) is 18.4. The molecule has 9 heteroatoms. The Labute approximate surface area is 194 Å². The number of nitrogens with zero attached hydrogens (tertiary/aromatic N) is 2. The summed E-state index contributed by atoms with van der Waals surface area (Å²) in [6.07, 6.45) is 0.897. The van der Waals surface area contributed by atoms with Gasteiger partial charge in [-0.05, 0) is 36.2 Å². The van der Waals surface area contributed by atoms with Crippen LogP contribution in [0.5, 0.6) is 11.6 Å². The van der Waals surface area contributed by atoms with Crippen LogP contribution in [0.1, 0.15) is 29.2 Å². The lowest BCUT2D eigenvalue weighted by molar-refractivity contribution is 0.188. The van der Waals surface area contributed by atoms with E-state index in [1.807, 2.05) is 48.5 Å². The molecule has 1 unspecified atom stereocenters. The predicted molar refractivity (Wildman–Crippen MR) is 128 cm³/mol. The maximum atomic E-state index is 12.8. The van der Waals surface area contributed by atoms with Crippen LogP contribution < -0.4 is 16.0 Å². The van der Waals surface area contributed by atoms with E-state index in [9.17, 15) is 14.7 Å². The zero-order valence-corrected chi connectivity index (χ0v) is 19.2. The average Bonchev–Trinajstić information content (AvgIpc) is 3.01. The van der Waals surface area contributed by atoms with Crippen LogP contribution in [-0.4, -0.2) is 41.2 Å². The second-order valence-electron chi connectivity index (χ2n) is 7.57. The summed E-state index contributed by atoms with van der Waals surface area (Å²) in [5.41, 5.74) is 0.875. The molecular formula is C24H25N3O5S. The third-order valence-corrected chi connectivity index (χ3v) is 6.77. The summed E-state index contributed by atoms with van der Waals surface area (Å²) in [7, 11) is 3.18. The number of hydrogen-bond donors (Lipinski definition) is 2. The summed E-state index contributed by atoms with van der Waals surface area (Å²) in [6.45, 7) is 0.633. The topological polar surface area (TPSA) is 106 Å². The molecular weight excluding hydrogens is 442 g/mol. The molecule has 4 rings (SSSR count). The summed E-state index contributed by atoms with van der Waals surface area (Å²) in [4.78, 5) is 33.3. The van der Waals surface area contributed by atoms with Crippen LogP contribution in [0.2, 0.25) is 0 Å². The highest BCUT2D eigenvalue weighted by atomic mass is 32.2. The monoisotopic (exact) mass is 467 g/mol. The molecule has 2 N–H and O–H groups in total. The molecule has 1 aliphatic rings. The molecule has 0 amide bonds. The van der Waals surface area contributed by atoms with Gasteiger partial charge in [0.2, 0.25) is 5.88 Å². The lowest BCUT2D eigenvalue weighted by Gasteiger charge is -2.17. The maximum absolute atomic E-state index is 12.8. The first kappa shape index (κ1) is 22.9. The van der Waals surface area contributed by atoms with E-state index in [-0.39, 0.29) is 23.2 Å². The molecule has 2 aromatic carbocycles. The summed E-state index contributed by atoms with van der Waals surface area (Å²) >= 11 is 1.64. The van der Waals surface area contributed by atoms with Crippen LogP contribution >= 0.6 is 11.8 Å². The smallest absolute Gasteiger partial charge is 0.331 e. The van der Waals surface area contributed by atoms with Gasteiger partial charge in [0, 0.05) is 36.8 Å². The van der Waals surface area contributed by atoms with Gasteiger partial charge in [-0.3, -0.25) is 19.3 Å². The highest BCUT2D eigenvalue weighted by molar-refractivity contribution is 7.99. The fraction of sp³-hybridized carbons (Fsp3) is 0.292. The molecule has 172 valence electrons. The van der Waals surface area contributed by atoms with E-state index >= 15 is 0 Å². The van der Waals surface area contributed by atoms with Crippen molar-refractivity contribution >= 4 is 23.2 Å². The van der Waals surface area contributed by atoms with E-state index < -0.39 is 11.2 Å². The molecule has 2 heterocycles. The summed E-state index contributed by atoms with van der Waals surface area (Å²) in [5.74, 6) is 0.375. The van der Waals surface area contributed by atoms with Crippen molar-refractivity contribution in [1.29, 1.82) is 0 Å². The van der Waals surface area contributed by atoms with E-state index in [0.717, 1.165) is 20.8 Å². The van der Waals surface area contributed by atoms with Gasteiger partial charge in [0.05, 0.1) is 18.5 Å². The normalized spacial score (nSPS) is 15.5. The highest BCUT2D eigenvalue weighted by Gasteiger charge is 2.27. The van der Waals surface area contributed by atoms with Crippen molar-refractivity contribution in [1.82, 2.24) is 9.55 Å². The van der Waals surface area contributed by atoms with Crippen molar-refractivity contribution in [3.8, 4) is 11.6 Å². The van der Waals surface area contributed by atoms with Gasteiger partial charge in [0.1, 0.15) is 11.3 Å². The van der Waals surface area contributed by atoms with Crippen LogP contribution in [0.15, 0.2) is 68.0 Å². The van der Waals surface area contributed by atoms with E-state index in [0.29, 0.717) is 30.8 Å². The average molecular weight is 468 g/mol. The second kappa shape index (κ2) is 10.1. The van der Waals surface area contributed by atoms with Crippen LogP contribution in [0, 0.1) is 0 Å². The molecule has 0 radical (unpaired) electrons. The molecule has 3 aromatic rings. The summed E-state index contributed by atoms with van der Waals surface area (Å²) < 4.78 is 11.5. The minimum absolute atomic E-state index is 0.0165. The molecule has 0 saturated carbocycles. The van der Waals surface area contributed by atoms with Gasteiger partial charge in [-0.1, -0.05) is 24.3 Å². The van der Waals surface area contributed by atoms with E-state index in [4.69, 9.17) is 14.5 Å². The number of H-pyrrole nitrogens is 1. The van der Waals surface area contributed by atoms with Crippen LogP contribution in [-0.2, 0) is 11.3 Å². The Morgan fingerprint density at radius 2 is 1.91 bits per heavy atom. The zero-order chi connectivity index (χ0) is 23.4. The Morgan fingerprint density at radius 1 is 1.15 bits per heavy atom. The Hall–Kier alpha value is -3.30. The predicted octanol–water partition coefficient (Wildman–Crippen LogP) is 3.65. The molecule has 0 bridgehead atoms. The molecule has 8 nitrogen and oxygen atoms in total. The number of aromatic hydroxyl groups is 1. The summed E-state index contributed by atoms with van der Waals surface area (Å²) in [6, 6.07) is 15.4. The van der Waals surface area contributed by atoms with E-state index in [1.54, 1.807) is 26.0 Å². The Bertz CT molecular complexity index is 1280. The van der Waals surface area contributed by atoms with E-state index in [1.165, 1.54) is 0 Å². The molecule has 1 atom stereocenters. The molecule has 1 aliphatic heterocycles. The van der Waals surface area contributed by atoms with Crippen molar-refractivity contribution in [2.24, 2.45) is 4.99 Å². The molecule has 33 heavy (non-hydrogen) atoms. The van der Waals surface area contributed by atoms with Gasteiger partial charge < -0.3 is 14.6 Å². The van der Waals surface area contributed by atoms with Crippen LogP contribution in [0.3, 0.4) is 0 Å². The number of fused-ring (bicyclic) bond motifs is 1. The SMILES string of the molecule is COCCCn1c(O)c(C2=Nc3ccccc3SC(c3ccc(OC)cc3)C2)c(=O)[nH]c1=O. The number of benzene rings is 2. The number of aromatic amines is 1. The Balaban J connectivity index is 1.81. The number of para-hydroxylation sites is 1. The molecule has 1 aromatic heterocycles. The Kier molecular flexibility index (Phi) is 7.00. The van der Waals surface area contributed by atoms with Gasteiger partial charge in [-0.15, -0.1) is 11.8 Å². The van der Waals surface area contributed by atoms with Crippen LogP contribution in [0.4, 0.5) is 5.69 Å². The summed E-state index contributed by atoms with van der Waals surface area (Å²) in [5, 5.41) is 10.9. The molecule has 0 saturated heterocycles. The minimum atomic E-state index is -0.659. The third-order valence-electron chi connectivity index (χ3n) is 5.45.